The standard InChI is InChI=1S/C17H19ClFN3O/c1-12-9-20-17(21-10-12)23-13-5-7-22(8-6-13)11-14-15(18)3-2-4-16(14)19/h2-4,9-10,13H,5-8,11H2,1H3. The maximum Gasteiger partial charge on any atom is 0.316 e. The first-order chi connectivity index (χ1) is 11.1. The third kappa shape index (κ3) is 4.18. The van der Waals surface area contributed by atoms with Crippen molar-refractivity contribution in [2.75, 3.05) is 13.1 Å². The molecule has 0 unspecified atom stereocenters. The molecular formula is C17H19ClFN3O. The van der Waals surface area contributed by atoms with Gasteiger partial charge in [-0.1, -0.05) is 17.7 Å². The Morgan fingerprint density at radius 2 is 1.96 bits per heavy atom. The Balaban J connectivity index is 1.53. The van der Waals surface area contributed by atoms with Gasteiger partial charge in [0, 0.05) is 42.6 Å². The van der Waals surface area contributed by atoms with Gasteiger partial charge in [0.05, 0.1) is 0 Å². The number of ether oxygens (including phenoxy) is 1. The van der Waals surface area contributed by atoms with Crippen LogP contribution in [0.15, 0.2) is 30.6 Å². The van der Waals surface area contributed by atoms with Crippen LogP contribution >= 0.6 is 11.6 Å². The highest BCUT2D eigenvalue weighted by molar-refractivity contribution is 6.31. The maximum absolute atomic E-state index is 13.8. The topological polar surface area (TPSA) is 38.2 Å². The number of nitrogens with zero attached hydrogens (tertiary/aromatic N) is 3. The second kappa shape index (κ2) is 7.23. The van der Waals surface area contributed by atoms with Crippen molar-refractivity contribution < 1.29 is 9.13 Å². The van der Waals surface area contributed by atoms with E-state index in [4.69, 9.17) is 16.3 Å². The number of aromatic nitrogens is 2. The lowest BCUT2D eigenvalue weighted by atomic mass is 10.1. The average Bonchev–Trinajstić information content (AvgIpc) is 2.55. The number of likely N-dealkylation sites (tertiary alicyclic amines) is 1. The number of rotatable bonds is 4. The Labute approximate surface area is 140 Å². The highest BCUT2D eigenvalue weighted by atomic mass is 35.5. The summed E-state index contributed by atoms with van der Waals surface area (Å²) < 4.78 is 19.7. The van der Waals surface area contributed by atoms with E-state index in [2.05, 4.69) is 14.9 Å². The fraction of sp³-hybridized carbons (Fsp3) is 0.412. The molecule has 0 saturated carbocycles. The summed E-state index contributed by atoms with van der Waals surface area (Å²) in [6.45, 7) is 4.14. The van der Waals surface area contributed by atoms with Gasteiger partial charge in [-0.25, -0.2) is 14.4 Å². The first kappa shape index (κ1) is 16.1. The van der Waals surface area contributed by atoms with Gasteiger partial charge in [0.25, 0.3) is 0 Å². The van der Waals surface area contributed by atoms with E-state index >= 15 is 0 Å². The lowest BCUT2D eigenvalue weighted by Gasteiger charge is -2.31. The van der Waals surface area contributed by atoms with Crippen molar-refractivity contribution >= 4 is 11.6 Å². The third-order valence-electron chi connectivity index (χ3n) is 4.01. The number of aryl methyl sites for hydroxylation is 1. The zero-order valence-corrected chi connectivity index (χ0v) is 13.8. The van der Waals surface area contributed by atoms with E-state index in [0.717, 1.165) is 31.5 Å². The molecule has 122 valence electrons. The molecule has 1 aromatic carbocycles. The number of piperidine rings is 1. The average molecular weight is 336 g/mol. The molecule has 0 bridgehead atoms. The normalized spacial score (nSPS) is 16.5. The minimum Gasteiger partial charge on any atom is -0.460 e. The molecule has 0 N–H and O–H groups in total. The van der Waals surface area contributed by atoms with Crippen LogP contribution in [0.1, 0.15) is 24.0 Å². The highest BCUT2D eigenvalue weighted by Gasteiger charge is 2.22. The van der Waals surface area contributed by atoms with Crippen LogP contribution < -0.4 is 4.74 Å². The number of benzene rings is 1. The molecule has 0 aliphatic carbocycles. The van der Waals surface area contributed by atoms with Gasteiger partial charge >= 0.3 is 6.01 Å². The zero-order chi connectivity index (χ0) is 16.2. The molecule has 6 heteroatoms. The molecular weight excluding hydrogens is 317 g/mol. The van der Waals surface area contributed by atoms with Gasteiger partial charge in [-0.3, -0.25) is 4.90 Å². The van der Waals surface area contributed by atoms with Crippen LogP contribution in [0.2, 0.25) is 5.02 Å². The Morgan fingerprint density at radius 1 is 1.26 bits per heavy atom. The van der Waals surface area contributed by atoms with Crippen LogP contribution in [0.5, 0.6) is 6.01 Å². The molecule has 1 saturated heterocycles. The van der Waals surface area contributed by atoms with Crippen molar-refractivity contribution in [1.82, 2.24) is 14.9 Å². The molecule has 3 rings (SSSR count). The number of hydrogen-bond acceptors (Lipinski definition) is 4. The van der Waals surface area contributed by atoms with Crippen molar-refractivity contribution in [3.8, 4) is 6.01 Å². The highest BCUT2D eigenvalue weighted by Crippen LogP contribution is 2.23. The molecule has 23 heavy (non-hydrogen) atoms. The molecule has 0 spiro atoms. The molecule has 1 fully saturated rings. The van der Waals surface area contributed by atoms with E-state index in [1.165, 1.54) is 6.07 Å². The predicted molar refractivity (Wildman–Crippen MR) is 87.1 cm³/mol. The lowest BCUT2D eigenvalue weighted by Crippen LogP contribution is -2.38. The van der Waals surface area contributed by atoms with Crippen LogP contribution in [0.4, 0.5) is 4.39 Å². The summed E-state index contributed by atoms with van der Waals surface area (Å²) in [6.07, 6.45) is 5.33. The van der Waals surface area contributed by atoms with Crippen LogP contribution in [0.3, 0.4) is 0 Å². The minimum absolute atomic E-state index is 0.102. The van der Waals surface area contributed by atoms with E-state index in [1.54, 1.807) is 24.5 Å². The summed E-state index contributed by atoms with van der Waals surface area (Å²) in [5.74, 6) is -0.246. The van der Waals surface area contributed by atoms with Gasteiger partial charge in [0.2, 0.25) is 0 Å². The van der Waals surface area contributed by atoms with Gasteiger partial charge in [-0.05, 0) is 37.5 Å². The Morgan fingerprint density at radius 3 is 2.61 bits per heavy atom. The largest absolute Gasteiger partial charge is 0.460 e. The Bertz CT molecular complexity index is 637. The van der Waals surface area contributed by atoms with E-state index in [0.29, 0.717) is 23.1 Å². The smallest absolute Gasteiger partial charge is 0.316 e. The maximum atomic E-state index is 13.8. The monoisotopic (exact) mass is 335 g/mol. The van der Waals surface area contributed by atoms with Crippen LogP contribution in [0.25, 0.3) is 0 Å². The molecule has 0 radical (unpaired) electrons. The van der Waals surface area contributed by atoms with Crippen molar-refractivity contribution in [2.45, 2.75) is 32.4 Å². The summed E-state index contributed by atoms with van der Waals surface area (Å²) >= 11 is 6.09. The summed E-state index contributed by atoms with van der Waals surface area (Å²) in [5, 5.41) is 0.483. The Kier molecular flexibility index (Phi) is 5.08. The van der Waals surface area contributed by atoms with Crippen LogP contribution in [-0.2, 0) is 6.54 Å². The molecule has 1 aromatic heterocycles. The van der Waals surface area contributed by atoms with Crippen molar-refractivity contribution in [3.63, 3.8) is 0 Å². The predicted octanol–water partition coefficient (Wildman–Crippen LogP) is 3.62. The van der Waals surface area contributed by atoms with E-state index in [1.807, 2.05) is 6.92 Å². The fourth-order valence-electron chi connectivity index (χ4n) is 2.68. The molecule has 1 aliphatic rings. The number of halogens is 2. The summed E-state index contributed by atoms with van der Waals surface area (Å²) in [7, 11) is 0. The van der Waals surface area contributed by atoms with Crippen molar-refractivity contribution in [1.29, 1.82) is 0 Å². The fourth-order valence-corrected chi connectivity index (χ4v) is 2.91. The second-order valence-electron chi connectivity index (χ2n) is 5.84. The Hall–Kier alpha value is -1.72. The summed E-state index contributed by atoms with van der Waals surface area (Å²) in [4.78, 5) is 10.5. The van der Waals surface area contributed by atoms with Gasteiger partial charge < -0.3 is 4.74 Å². The third-order valence-corrected chi connectivity index (χ3v) is 4.36. The first-order valence-electron chi connectivity index (χ1n) is 7.72. The lowest BCUT2D eigenvalue weighted by molar-refractivity contribution is 0.0887. The second-order valence-corrected chi connectivity index (χ2v) is 6.24. The zero-order valence-electron chi connectivity index (χ0n) is 13.0. The first-order valence-corrected chi connectivity index (χ1v) is 8.10. The summed E-state index contributed by atoms with van der Waals surface area (Å²) in [6, 6.07) is 5.23. The quantitative estimate of drug-likeness (QED) is 0.855. The van der Waals surface area contributed by atoms with Gasteiger partial charge in [-0.15, -0.1) is 0 Å². The molecule has 4 nitrogen and oxygen atoms in total. The van der Waals surface area contributed by atoms with E-state index < -0.39 is 0 Å². The van der Waals surface area contributed by atoms with Gasteiger partial charge in [0.1, 0.15) is 11.9 Å². The van der Waals surface area contributed by atoms with Crippen LogP contribution in [-0.4, -0.2) is 34.1 Å². The molecule has 2 heterocycles. The summed E-state index contributed by atoms with van der Waals surface area (Å²) in [5.41, 5.74) is 1.57. The molecule has 1 aliphatic heterocycles. The molecule has 0 atom stereocenters. The van der Waals surface area contributed by atoms with E-state index in [9.17, 15) is 4.39 Å². The number of hydrogen-bond donors (Lipinski definition) is 0. The van der Waals surface area contributed by atoms with Gasteiger partial charge in [-0.2, -0.15) is 0 Å². The minimum atomic E-state index is -0.246. The SMILES string of the molecule is Cc1cnc(OC2CCN(Cc3c(F)cccc3Cl)CC2)nc1. The van der Waals surface area contributed by atoms with E-state index in [-0.39, 0.29) is 11.9 Å². The van der Waals surface area contributed by atoms with Crippen molar-refractivity contribution in [2.24, 2.45) is 0 Å². The van der Waals surface area contributed by atoms with Crippen molar-refractivity contribution in [3.05, 3.63) is 52.6 Å². The molecule has 0 amide bonds. The molecule has 2 aromatic rings. The van der Waals surface area contributed by atoms with Crippen LogP contribution in [0, 0.1) is 12.7 Å². The van der Waals surface area contributed by atoms with Gasteiger partial charge in [0.15, 0.2) is 0 Å².